The van der Waals surface area contributed by atoms with Crippen LogP contribution in [0.1, 0.15) is 11.4 Å². The number of nitrogens with zero attached hydrogens (tertiary/aromatic N) is 3. The molecule has 0 aliphatic carbocycles. The molecule has 82 valence electrons. The van der Waals surface area contributed by atoms with Crippen molar-refractivity contribution in [2.24, 2.45) is 0 Å². The van der Waals surface area contributed by atoms with E-state index >= 15 is 0 Å². The van der Waals surface area contributed by atoms with Crippen LogP contribution in [0.3, 0.4) is 0 Å². The van der Waals surface area contributed by atoms with Crippen LogP contribution in [0.15, 0.2) is 34.6 Å². The molecule has 2 heterocycles. The van der Waals surface area contributed by atoms with Crippen molar-refractivity contribution in [1.82, 2.24) is 15.0 Å². The Balaban J connectivity index is 2.30. The van der Waals surface area contributed by atoms with Crippen molar-refractivity contribution >= 4 is 17.4 Å². The Bertz CT molecular complexity index is 513. The largest absolute Gasteiger partial charge is 0.397 e. The average molecular weight is 232 g/mol. The number of anilines is 1. The molecule has 0 aliphatic rings. The summed E-state index contributed by atoms with van der Waals surface area (Å²) < 4.78 is 0. The zero-order chi connectivity index (χ0) is 11.5. The van der Waals surface area contributed by atoms with E-state index in [2.05, 4.69) is 15.0 Å². The van der Waals surface area contributed by atoms with Gasteiger partial charge in [-0.15, -0.1) is 0 Å². The summed E-state index contributed by atoms with van der Waals surface area (Å²) in [4.78, 5) is 12.8. The van der Waals surface area contributed by atoms with Crippen LogP contribution in [0, 0.1) is 13.8 Å². The summed E-state index contributed by atoms with van der Waals surface area (Å²) in [6.45, 7) is 3.86. The summed E-state index contributed by atoms with van der Waals surface area (Å²) in [6, 6.07) is 5.59. The number of nitrogens with two attached hydrogens (primary N) is 1. The summed E-state index contributed by atoms with van der Waals surface area (Å²) >= 11 is 1.38. The lowest BCUT2D eigenvalue weighted by molar-refractivity contribution is 0.926. The number of hydrogen-bond acceptors (Lipinski definition) is 5. The van der Waals surface area contributed by atoms with Crippen LogP contribution >= 0.6 is 11.8 Å². The summed E-state index contributed by atoms with van der Waals surface area (Å²) in [7, 11) is 0. The second-order valence-corrected chi connectivity index (χ2v) is 4.39. The highest BCUT2D eigenvalue weighted by molar-refractivity contribution is 7.99. The molecule has 2 aromatic heterocycles. The maximum atomic E-state index is 5.84. The molecule has 0 radical (unpaired) electrons. The lowest BCUT2D eigenvalue weighted by Gasteiger charge is -2.04. The van der Waals surface area contributed by atoms with Crippen molar-refractivity contribution in [2.75, 3.05) is 5.73 Å². The molecular weight excluding hydrogens is 220 g/mol. The van der Waals surface area contributed by atoms with Crippen LogP contribution in [0.2, 0.25) is 0 Å². The highest BCUT2D eigenvalue weighted by Gasteiger charge is 2.06. The Kier molecular flexibility index (Phi) is 3.05. The first kappa shape index (κ1) is 10.9. The van der Waals surface area contributed by atoms with Gasteiger partial charge in [0.2, 0.25) is 0 Å². The third-order valence-corrected chi connectivity index (χ3v) is 2.89. The number of pyridine rings is 1. The van der Waals surface area contributed by atoms with Gasteiger partial charge in [-0.05, 0) is 43.8 Å². The predicted octanol–water partition coefficient (Wildman–Crippen LogP) is 2.22. The minimum atomic E-state index is 0.653. The lowest BCUT2D eigenvalue weighted by Crippen LogP contribution is -1.95. The van der Waals surface area contributed by atoms with Crippen molar-refractivity contribution in [1.29, 1.82) is 0 Å². The van der Waals surface area contributed by atoms with E-state index in [1.54, 1.807) is 6.20 Å². The molecule has 4 nitrogen and oxygen atoms in total. The zero-order valence-electron chi connectivity index (χ0n) is 9.14. The van der Waals surface area contributed by atoms with Gasteiger partial charge < -0.3 is 5.73 Å². The van der Waals surface area contributed by atoms with E-state index in [0.29, 0.717) is 10.8 Å². The monoisotopic (exact) mass is 232 g/mol. The molecule has 2 aromatic rings. The number of nitrogen functional groups attached to an aromatic ring is 1. The predicted molar refractivity (Wildman–Crippen MR) is 64.3 cm³/mol. The van der Waals surface area contributed by atoms with Crippen LogP contribution in [0.5, 0.6) is 0 Å². The molecule has 0 fully saturated rings. The van der Waals surface area contributed by atoms with E-state index in [1.807, 2.05) is 32.0 Å². The van der Waals surface area contributed by atoms with E-state index in [0.717, 1.165) is 16.4 Å². The van der Waals surface area contributed by atoms with E-state index in [9.17, 15) is 0 Å². The van der Waals surface area contributed by atoms with Crippen LogP contribution in [-0.2, 0) is 0 Å². The summed E-state index contributed by atoms with van der Waals surface area (Å²) in [6.07, 6.45) is 1.73. The second-order valence-electron chi connectivity index (χ2n) is 3.43. The molecule has 16 heavy (non-hydrogen) atoms. The van der Waals surface area contributed by atoms with E-state index in [1.165, 1.54) is 11.8 Å². The topological polar surface area (TPSA) is 64.7 Å². The fraction of sp³-hybridized carbons (Fsp3) is 0.182. The van der Waals surface area contributed by atoms with Gasteiger partial charge in [-0.2, -0.15) is 0 Å². The molecule has 0 spiro atoms. The average Bonchev–Trinajstić information content (AvgIpc) is 2.24. The van der Waals surface area contributed by atoms with Gasteiger partial charge in [-0.1, -0.05) is 0 Å². The van der Waals surface area contributed by atoms with Gasteiger partial charge in [0, 0.05) is 17.6 Å². The molecule has 2 rings (SSSR count). The second kappa shape index (κ2) is 4.49. The first-order valence-electron chi connectivity index (χ1n) is 4.86. The molecule has 0 aromatic carbocycles. The minimum Gasteiger partial charge on any atom is -0.397 e. The van der Waals surface area contributed by atoms with Crippen molar-refractivity contribution in [3.05, 3.63) is 35.8 Å². The van der Waals surface area contributed by atoms with E-state index < -0.39 is 0 Å². The molecule has 0 saturated carbocycles. The maximum absolute atomic E-state index is 5.84. The van der Waals surface area contributed by atoms with Crippen molar-refractivity contribution in [2.45, 2.75) is 24.0 Å². The van der Waals surface area contributed by atoms with E-state index in [4.69, 9.17) is 5.73 Å². The van der Waals surface area contributed by atoms with Crippen molar-refractivity contribution < 1.29 is 0 Å². The van der Waals surface area contributed by atoms with Crippen molar-refractivity contribution in [3.8, 4) is 0 Å². The molecule has 0 bridgehead atoms. The van der Waals surface area contributed by atoms with Gasteiger partial charge in [-0.25, -0.2) is 15.0 Å². The summed E-state index contributed by atoms with van der Waals surface area (Å²) in [5.74, 6) is 0. The van der Waals surface area contributed by atoms with Gasteiger partial charge in [0.05, 0.1) is 5.69 Å². The van der Waals surface area contributed by atoms with Gasteiger partial charge in [0.15, 0.2) is 5.16 Å². The molecule has 0 unspecified atom stereocenters. The van der Waals surface area contributed by atoms with E-state index in [-0.39, 0.29) is 0 Å². The SMILES string of the molecule is Cc1ccnc(Sc2nc(C)ccc2N)n1. The normalized spacial score (nSPS) is 10.4. The molecule has 0 aliphatic heterocycles. The third-order valence-electron chi connectivity index (χ3n) is 1.99. The fourth-order valence-electron chi connectivity index (χ4n) is 1.19. The van der Waals surface area contributed by atoms with Crippen LogP contribution < -0.4 is 5.73 Å². The van der Waals surface area contributed by atoms with Crippen molar-refractivity contribution in [3.63, 3.8) is 0 Å². The maximum Gasteiger partial charge on any atom is 0.194 e. The van der Waals surface area contributed by atoms with Gasteiger partial charge >= 0.3 is 0 Å². The molecular formula is C11H12N4S. The number of aryl methyl sites for hydroxylation is 2. The Morgan fingerprint density at radius 1 is 1.06 bits per heavy atom. The number of aromatic nitrogens is 3. The number of rotatable bonds is 2. The smallest absolute Gasteiger partial charge is 0.194 e. The Hall–Kier alpha value is -1.62. The van der Waals surface area contributed by atoms with Crippen LogP contribution in [0.25, 0.3) is 0 Å². The molecule has 0 atom stereocenters. The first-order valence-corrected chi connectivity index (χ1v) is 5.67. The zero-order valence-corrected chi connectivity index (χ0v) is 9.95. The number of hydrogen-bond donors (Lipinski definition) is 1. The minimum absolute atomic E-state index is 0.653. The molecule has 5 heteroatoms. The Morgan fingerprint density at radius 3 is 2.56 bits per heavy atom. The molecule has 0 amide bonds. The van der Waals surface area contributed by atoms with Gasteiger partial charge in [0.25, 0.3) is 0 Å². The highest BCUT2D eigenvalue weighted by Crippen LogP contribution is 2.27. The van der Waals surface area contributed by atoms with Crippen LogP contribution in [0.4, 0.5) is 5.69 Å². The summed E-state index contributed by atoms with van der Waals surface area (Å²) in [5, 5.41) is 1.43. The standard InChI is InChI=1S/C11H12N4S/c1-7-3-4-9(12)10(14-7)16-11-13-6-5-8(2)15-11/h3-6H,12H2,1-2H3. The Morgan fingerprint density at radius 2 is 1.81 bits per heavy atom. The molecule has 2 N–H and O–H groups in total. The third kappa shape index (κ3) is 2.49. The van der Waals surface area contributed by atoms with Gasteiger partial charge in [0.1, 0.15) is 5.03 Å². The first-order chi connectivity index (χ1) is 7.65. The lowest BCUT2D eigenvalue weighted by atomic mass is 10.3. The highest BCUT2D eigenvalue weighted by atomic mass is 32.2. The van der Waals surface area contributed by atoms with Crippen LogP contribution in [-0.4, -0.2) is 15.0 Å². The quantitative estimate of drug-likeness (QED) is 0.804. The summed E-state index contributed by atoms with van der Waals surface area (Å²) in [5.41, 5.74) is 8.36. The Labute approximate surface area is 98.3 Å². The van der Waals surface area contributed by atoms with Gasteiger partial charge in [-0.3, -0.25) is 0 Å². The molecule has 0 saturated heterocycles. The fourth-order valence-corrected chi connectivity index (χ4v) is 2.04.